The van der Waals surface area contributed by atoms with Gasteiger partial charge >= 0.3 is 0 Å². The SMILES string of the molecule is CCCCNc1nc(C)nc2c1CCC1C(C)C(=O)C(C#N)=CC21C. The van der Waals surface area contributed by atoms with Crippen molar-refractivity contribution >= 4 is 11.6 Å². The molecule has 3 rings (SSSR count). The first-order valence-electron chi connectivity index (χ1n) is 9.21. The zero-order valence-electron chi connectivity index (χ0n) is 15.5. The lowest BCUT2D eigenvalue weighted by molar-refractivity contribution is -0.121. The molecule has 0 spiro atoms. The average molecular weight is 338 g/mol. The highest BCUT2D eigenvalue weighted by Crippen LogP contribution is 2.50. The standard InChI is InChI=1S/C20H26N4O/c1-5-6-9-22-19-15-7-8-16-12(2)17(25)14(11-21)10-20(16,4)18(15)23-13(3)24-19/h10,12,16H,5-9H2,1-4H3,(H,22,23,24). The van der Waals surface area contributed by atoms with Crippen LogP contribution in [0.2, 0.25) is 0 Å². The molecule has 1 N–H and O–H groups in total. The molecular formula is C20H26N4O. The largest absolute Gasteiger partial charge is 0.370 e. The van der Waals surface area contributed by atoms with Gasteiger partial charge in [0, 0.05) is 23.4 Å². The van der Waals surface area contributed by atoms with Gasteiger partial charge in [-0.2, -0.15) is 5.26 Å². The number of nitrogens with zero attached hydrogens (tertiary/aromatic N) is 3. The van der Waals surface area contributed by atoms with Crippen LogP contribution >= 0.6 is 0 Å². The summed E-state index contributed by atoms with van der Waals surface area (Å²) in [5.41, 5.74) is 2.02. The molecule has 2 aliphatic rings. The van der Waals surface area contributed by atoms with E-state index in [2.05, 4.69) is 30.2 Å². The zero-order chi connectivity index (χ0) is 18.2. The maximum Gasteiger partial charge on any atom is 0.176 e. The summed E-state index contributed by atoms with van der Waals surface area (Å²) in [6.07, 6.45) is 5.88. The molecule has 25 heavy (non-hydrogen) atoms. The smallest absolute Gasteiger partial charge is 0.176 e. The molecule has 3 atom stereocenters. The van der Waals surface area contributed by atoms with E-state index < -0.39 is 0 Å². The van der Waals surface area contributed by atoms with Gasteiger partial charge in [0.05, 0.1) is 11.3 Å². The minimum atomic E-state index is -0.388. The molecule has 5 heteroatoms. The molecule has 0 saturated carbocycles. The molecule has 1 heterocycles. The predicted octanol–water partition coefficient (Wildman–Crippen LogP) is 3.49. The molecule has 3 unspecified atom stereocenters. The third-order valence-electron chi connectivity index (χ3n) is 5.77. The first-order chi connectivity index (χ1) is 11.9. The number of hydrogen-bond acceptors (Lipinski definition) is 5. The van der Waals surface area contributed by atoms with Gasteiger partial charge in [-0.1, -0.05) is 33.3 Å². The lowest BCUT2D eigenvalue weighted by Gasteiger charge is -2.45. The summed E-state index contributed by atoms with van der Waals surface area (Å²) in [7, 11) is 0. The van der Waals surface area contributed by atoms with Crippen LogP contribution in [0, 0.1) is 30.1 Å². The number of aromatic nitrogens is 2. The molecule has 0 bridgehead atoms. The molecule has 2 aliphatic carbocycles. The van der Waals surface area contributed by atoms with Gasteiger partial charge in [-0.05, 0) is 32.1 Å². The fourth-order valence-corrected chi connectivity index (χ4v) is 4.41. The van der Waals surface area contributed by atoms with E-state index >= 15 is 0 Å². The fraction of sp³-hybridized carbons (Fsp3) is 0.600. The van der Waals surface area contributed by atoms with Crippen molar-refractivity contribution < 1.29 is 4.79 Å². The van der Waals surface area contributed by atoms with E-state index in [1.54, 1.807) is 0 Å². The second-order valence-corrected chi connectivity index (χ2v) is 7.48. The number of nitriles is 1. The molecule has 0 fully saturated rings. The molecule has 0 aliphatic heterocycles. The molecule has 1 aromatic rings. The van der Waals surface area contributed by atoms with Crippen LogP contribution in [-0.4, -0.2) is 22.3 Å². The fourth-order valence-electron chi connectivity index (χ4n) is 4.41. The van der Waals surface area contributed by atoms with Crippen molar-refractivity contribution in [2.75, 3.05) is 11.9 Å². The van der Waals surface area contributed by atoms with Crippen molar-refractivity contribution in [1.29, 1.82) is 5.26 Å². The molecule has 5 nitrogen and oxygen atoms in total. The van der Waals surface area contributed by atoms with E-state index in [4.69, 9.17) is 4.98 Å². The van der Waals surface area contributed by atoms with Crippen LogP contribution in [0.4, 0.5) is 5.82 Å². The average Bonchev–Trinajstić information content (AvgIpc) is 2.59. The number of aryl methyl sites for hydroxylation is 1. The quantitative estimate of drug-likeness (QED) is 0.850. The van der Waals surface area contributed by atoms with Gasteiger partial charge in [0.1, 0.15) is 17.7 Å². The topological polar surface area (TPSA) is 78.7 Å². The van der Waals surface area contributed by atoms with Crippen molar-refractivity contribution in [1.82, 2.24) is 9.97 Å². The summed E-state index contributed by atoms with van der Waals surface area (Å²) in [6.45, 7) is 9.05. The van der Waals surface area contributed by atoms with Crippen molar-refractivity contribution in [2.45, 2.75) is 58.8 Å². The monoisotopic (exact) mass is 338 g/mol. The predicted molar refractivity (Wildman–Crippen MR) is 97.2 cm³/mol. The highest BCUT2D eigenvalue weighted by atomic mass is 16.1. The Morgan fingerprint density at radius 3 is 2.88 bits per heavy atom. The maximum atomic E-state index is 12.4. The van der Waals surface area contributed by atoms with Crippen LogP contribution in [0.1, 0.15) is 57.1 Å². The number of anilines is 1. The number of unbranched alkanes of at least 4 members (excludes halogenated alkanes) is 1. The molecule has 132 valence electrons. The Morgan fingerprint density at radius 1 is 1.44 bits per heavy atom. The van der Waals surface area contributed by atoms with Crippen LogP contribution < -0.4 is 5.32 Å². The number of ketones is 1. The summed E-state index contributed by atoms with van der Waals surface area (Å²) in [5.74, 6) is 1.66. The van der Waals surface area contributed by atoms with Gasteiger partial charge in [-0.15, -0.1) is 0 Å². The molecule has 1 aromatic heterocycles. The van der Waals surface area contributed by atoms with Gasteiger partial charge < -0.3 is 5.32 Å². The highest BCUT2D eigenvalue weighted by molar-refractivity contribution is 6.02. The molecule has 0 aromatic carbocycles. The number of rotatable bonds is 4. The van der Waals surface area contributed by atoms with Crippen LogP contribution in [0.25, 0.3) is 0 Å². The molecule has 0 amide bonds. The van der Waals surface area contributed by atoms with E-state index in [1.165, 1.54) is 0 Å². The molecular weight excluding hydrogens is 312 g/mol. The number of hydrogen-bond donors (Lipinski definition) is 1. The first-order valence-corrected chi connectivity index (χ1v) is 9.21. The molecule has 0 saturated heterocycles. The summed E-state index contributed by atoms with van der Waals surface area (Å²) >= 11 is 0. The van der Waals surface area contributed by atoms with Crippen LogP contribution in [-0.2, 0) is 16.6 Å². The van der Waals surface area contributed by atoms with Gasteiger partial charge in [0.15, 0.2) is 5.78 Å². The van der Waals surface area contributed by atoms with Crippen molar-refractivity contribution in [3.05, 3.63) is 28.7 Å². The lowest BCUT2D eigenvalue weighted by Crippen LogP contribution is -2.46. The number of carbonyl (C=O) groups is 1. The number of Topliss-reactive ketones (excluding diaryl/α,β-unsaturated/α-hetero) is 1. The highest BCUT2D eigenvalue weighted by Gasteiger charge is 2.49. The second kappa shape index (κ2) is 6.59. The minimum absolute atomic E-state index is 0.0273. The van der Waals surface area contributed by atoms with E-state index in [0.717, 1.165) is 55.1 Å². The third-order valence-corrected chi connectivity index (χ3v) is 5.77. The van der Waals surface area contributed by atoms with Crippen molar-refractivity contribution in [2.24, 2.45) is 11.8 Å². The molecule has 0 radical (unpaired) electrons. The first kappa shape index (κ1) is 17.6. The Kier molecular flexibility index (Phi) is 4.64. The lowest BCUT2D eigenvalue weighted by atomic mass is 9.58. The number of fused-ring (bicyclic) bond motifs is 3. The van der Waals surface area contributed by atoms with E-state index in [-0.39, 0.29) is 28.6 Å². The Labute approximate surface area is 149 Å². The van der Waals surface area contributed by atoms with Gasteiger partial charge in [0.2, 0.25) is 0 Å². The maximum absolute atomic E-state index is 12.4. The normalized spacial score (nSPS) is 27.8. The summed E-state index contributed by atoms with van der Waals surface area (Å²) in [4.78, 5) is 21.8. The van der Waals surface area contributed by atoms with Gasteiger partial charge in [-0.3, -0.25) is 4.79 Å². The van der Waals surface area contributed by atoms with Gasteiger partial charge in [0.25, 0.3) is 0 Å². The second-order valence-electron chi connectivity index (χ2n) is 7.48. The Balaban J connectivity index is 2.12. The Bertz CT molecular complexity index is 777. The Hall–Kier alpha value is -2.22. The van der Waals surface area contributed by atoms with E-state index in [1.807, 2.05) is 19.9 Å². The minimum Gasteiger partial charge on any atom is -0.370 e. The van der Waals surface area contributed by atoms with Crippen LogP contribution in [0.5, 0.6) is 0 Å². The zero-order valence-corrected chi connectivity index (χ0v) is 15.5. The summed E-state index contributed by atoms with van der Waals surface area (Å²) in [6, 6.07) is 2.10. The number of nitrogens with one attached hydrogen (secondary N) is 1. The summed E-state index contributed by atoms with van der Waals surface area (Å²) in [5, 5.41) is 12.9. The van der Waals surface area contributed by atoms with Gasteiger partial charge in [-0.25, -0.2) is 9.97 Å². The van der Waals surface area contributed by atoms with Crippen molar-refractivity contribution in [3.63, 3.8) is 0 Å². The van der Waals surface area contributed by atoms with E-state index in [0.29, 0.717) is 0 Å². The Morgan fingerprint density at radius 2 is 2.20 bits per heavy atom. The summed E-state index contributed by atoms with van der Waals surface area (Å²) < 4.78 is 0. The van der Waals surface area contributed by atoms with E-state index in [9.17, 15) is 10.1 Å². The third kappa shape index (κ3) is 2.84. The van der Waals surface area contributed by atoms with Crippen molar-refractivity contribution in [3.8, 4) is 6.07 Å². The van der Waals surface area contributed by atoms with Crippen LogP contribution in [0.15, 0.2) is 11.6 Å². The number of allylic oxidation sites excluding steroid dienone is 2. The number of carbonyl (C=O) groups excluding carboxylic acids is 1. The van der Waals surface area contributed by atoms with Crippen LogP contribution in [0.3, 0.4) is 0 Å².